The second-order valence-corrected chi connectivity index (χ2v) is 4.49. The molecule has 0 bridgehead atoms. The van der Waals surface area contributed by atoms with Crippen molar-refractivity contribution in [1.82, 2.24) is 0 Å². The van der Waals surface area contributed by atoms with E-state index in [1.807, 2.05) is 32.0 Å². The first-order valence-electron chi connectivity index (χ1n) is 5.39. The highest BCUT2D eigenvalue weighted by atomic mass is 16.5. The smallest absolute Gasteiger partial charge is 0.125 e. The molecule has 16 heavy (non-hydrogen) atoms. The zero-order valence-corrected chi connectivity index (χ0v) is 10.4. The summed E-state index contributed by atoms with van der Waals surface area (Å²) in [6, 6.07) is 5.74. The molecule has 0 aromatic heterocycles. The van der Waals surface area contributed by atoms with Crippen molar-refractivity contribution in [3.8, 4) is 11.5 Å². The third-order valence-electron chi connectivity index (χ3n) is 2.50. The Labute approximate surface area is 97.0 Å². The van der Waals surface area contributed by atoms with Crippen LogP contribution in [0.2, 0.25) is 0 Å². The van der Waals surface area contributed by atoms with Gasteiger partial charge < -0.3 is 14.6 Å². The van der Waals surface area contributed by atoms with Gasteiger partial charge in [0, 0.05) is 6.07 Å². The average Bonchev–Trinajstić information content (AvgIpc) is 2.25. The first-order valence-corrected chi connectivity index (χ1v) is 5.39. The second kappa shape index (κ2) is 5.21. The van der Waals surface area contributed by atoms with Crippen LogP contribution in [0, 0.1) is 0 Å². The maximum atomic E-state index is 9.68. The van der Waals surface area contributed by atoms with E-state index >= 15 is 0 Å². The number of rotatable bonds is 5. The summed E-state index contributed by atoms with van der Waals surface area (Å²) in [4.78, 5) is 0. The lowest BCUT2D eigenvalue weighted by Gasteiger charge is -2.18. The summed E-state index contributed by atoms with van der Waals surface area (Å²) in [5.41, 5.74) is 0.440. The third-order valence-corrected chi connectivity index (χ3v) is 2.50. The van der Waals surface area contributed by atoms with Gasteiger partial charge in [-0.2, -0.15) is 0 Å². The molecule has 1 rings (SSSR count). The predicted molar refractivity (Wildman–Crippen MR) is 64.2 cm³/mol. The van der Waals surface area contributed by atoms with E-state index in [0.717, 1.165) is 23.5 Å². The van der Waals surface area contributed by atoms with Crippen molar-refractivity contribution in [1.29, 1.82) is 0 Å². The highest BCUT2D eigenvalue weighted by Crippen LogP contribution is 2.26. The summed E-state index contributed by atoms with van der Waals surface area (Å²) in [7, 11) is 3.27. The molecule has 0 saturated heterocycles. The molecule has 1 N–H and O–H groups in total. The van der Waals surface area contributed by atoms with E-state index in [1.165, 1.54) is 0 Å². The zero-order valence-electron chi connectivity index (χ0n) is 10.4. The van der Waals surface area contributed by atoms with Gasteiger partial charge in [0.15, 0.2) is 0 Å². The van der Waals surface area contributed by atoms with Gasteiger partial charge in [0.1, 0.15) is 11.5 Å². The van der Waals surface area contributed by atoms with Crippen molar-refractivity contribution >= 4 is 0 Å². The van der Waals surface area contributed by atoms with Gasteiger partial charge in [-0.25, -0.2) is 0 Å². The first-order chi connectivity index (χ1) is 7.46. The lowest BCUT2D eigenvalue weighted by molar-refractivity contribution is 0.0712. The topological polar surface area (TPSA) is 38.7 Å². The van der Waals surface area contributed by atoms with Gasteiger partial charge in [0.2, 0.25) is 0 Å². The quantitative estimate of drug-likeness (QED) is 0.834. The minimum atomic E-state index is -0.648. The molecule has 90 valence electrons. The lowest BCUT2D eigenvalue weighted by atomic mass is 9.98. The van der Waals surface area contributed by atoms with E-state index < -0.39 is 5.60 Å². The van der Waals surface area contributed by atoms with Gasteiger partial charge in [-0.1, -0.05) is 6.07 Å². The van der Waals surface area contributed by atoms with Crippen LogP contribution in [0.25, 0.3) is 0 Å². The Morgan fingerprint density at radius 1 is 1.19 bits per heavy atom. The largest absolute Gasteiger partial charge is 0.497 e. The molecule has 0 atom stereocenters. The summed E-state index contributed by atoms with van der Waals surface area (Å²) in [6.07, 6.45) is 1.49. The fourth-order valence-corrected chi connectivity index (χ4v) is 1.50. The van der Waals surface area contributed by atoms with Crippen molar-refractivity contribution in [3.63, 3.8) is 0 Å². The van der Waals surface area contributed by atoms with Crippen LogP contribution < -0.4 is 9.47 Å². The molecule has 0 spiro atoms. The van der Waals surface area contributed by atoms with Crippen LogP contribution in [0.3, 0.4) is 0 Å². The van der Waals surface area contributed by atoms with Crippen LogP contribution in [0.1, 0.15) is 25.8 Å². The van der Waals surface area contributed by atoms with E-state index in [-0.39, 0.29) is 0 Å². The Morgan fingerprint density at radius 2 is 1.88 bits per heavy atom. The normalized spacial score (nSPS) is 11.3. The van der Waals surface area contributed by atoms with Gasteiger partial charge >= 0.3 is 0 Å². The standard InChI is InChI=1S/C13H20O3/c1-13(2,14)8-7-10-5-6-11(15-3)9-12(10)16-4/h5-6,9,14H,7-8H2,1-4H3. The molecular formula is C13H20O3. The number of benzene rings is 1. The molecule has 0 unspecified atom stereocenters. The third kappa shape index (κ3) is 3.74. The van der Waals surface area contributed by atoms with Crippen molar-refractivity contribution in [2.75, 3.05) is 14.2 Å². The molecular weight excluding hydrogens is 204 g/mol. The number of methoxy groups -OCH3 is 2. The number of aryl methyl sites for hydroxylation is 1. The zero-order chi connectivity index (χ0) is 12.2. The molecule has 1 aromatic rings. The van der Waals surface area contributed by atoms with Crippen molar-refractivity contribution in [2.24, 2.45) is 0 Å². The Kier molecular flexibility index (Phi) is 4.19. The van der Waals surface area contributed by atoms with Crippen molar-refractivity contribution in [3.05, 3.63) is 23.8 Å². The Balaban J connectivity index is 2.79. The summed E-state index contributed by atoms with van der Waals surface area (Å²) >= 11 is 0. The SMILES string of the molecule is COc1ccc(CCC(C)(C)O)c(OC)c1. The molecule has 3 nitrogen and oxygen atoms in total. The molecule has 0 saturated carbocycles. The van der Waals surface area contributed by atoms with Crippen LogP contribution in [0.4, 0.5) is 0 Å². The van der Waals surface area contributed by atoms with E-state index in [1.54, 1.807) is 14.2 Å². The maximum absolute atomic E-state index is 9.68. The Hall–Kier alpha value is -1.22. The van der Waals surface area contributed by atoms with Crippen LogP contribution in [0.5, 0.6) is 11.5 Å². The minimum absolute atomic E-state index is 0.648. The molecule has 0 heterocycles. The molecule has 3 heteroatoms. The van der Waals surface area contributed by atoms with Gasteiger partial charge in [0.25, 0.3) is 0 Å². The fourth-order valence-electron chi connectivity index (χ4n) is 1.50. The Bertz CT molecular complexity index is 340. The van der Waals surface area contributed by atoms with E-state index in [2.05, 4.69) is 0 Å². The van der Waals surface area contributed by atoms with Gasteiger partial charge in [-0.3, -0.25) is 0 Å². The predicted octanol–water partition coefficient (Wildman–Crippen LogP) is 2.41. The number of ether oxygens (including phenoxy) is 2. The van der Waals surface area contributed by atoms with Crippen molar-refractivity contribution < 1.29 is 14.6 Å². The lowest BCUT2D eigenvalue weighted by Crippen LogP contribution is -2.19. The van der Waals surface area contributed by atoms with Gasteiger partial charge in [-0.15, -0.1) is 0 Å². The van der Waals surface area contributed by atoms with Crippen LogP contribution in [0.15, 0.2) is 18.2 Å². The Morgan fingerprint density at radius 3 is 2.38 bits per heavy atom. The first kappa shape index (κ1) is 12.8. The molecule has 0 aliphatic rings. The van der Waals surface area contributed by atoms with E-state index in [4.69, 9.17) is 9.47 Å². The molecule has 0 radical (unpaired) electrons. The molecule has 1 aromatic carbocycles. The molecule has 0 aliphatic heterocycles. The van der Waals surface area contributed by atoms with Crippen molar-refractivity contribution in [2.45, 2.75) is 32.3 Å². The highest BCUT2D eigenvalue weighted by Gasteiger charge is 2.14. The van der Waals surface area contributed by atoms with E-state index in [0.29, 0.717) is 6.42 Å². The van der Waals surface area contributed by atoms with Crippen LogP contribution in [-0.4, -0.2) is 24.9 Å². The van der Waals surface area contributed by atoms with Gasteiger partial charge in [-0.05, 0) is 38.3 Å². The molecule has 0 fully saturated rings. The molecule has 0 aliphatic carbocycles. The average molecular weight is 224 g/mol. The minimum Gasteiger partial charge on any atom is -0.497 e. The van der Waals surface area contributed by atoms with Crippen LogP contribution >= 0.6 is 0 Å². The summed E-state index contributed by atoms with van der Waals surface area (Å²) in [5.74, 6) is 1.59. The molecule has 0 amide bonds. The summed E-state index contributed by atoms with van der Waals surface area (Å²) in [5, 5.41) is 9.68. The van der Waals surface area contributed by atoms with Crippen LogP contribution in [-0.2, 0) is 6.42 Å². The highest BCUT2D eigenvalue weighted by molar-refractivity contribution is 5.40. The summed E-state index contributed by atoms with van der Waals surface area (Å²) < 4.78 is 10.4. The number of hydrogen-bond acceptors (Lipinski definition) is 3. The maximum Gasteiger partial charge on any atom is 0.125 e. The second-order valence-electron chi connectivity index (χ2n) is 4.49. The number of aliphatic hydroxyl groups is 1. The number of hydrogen-bond donors (Lipinski definition) is 1. The van der Waals surface area contributed by atoms with E-state index in [9.17, 15) is 5.11 Å². The fraction of sp³-hybridized carbons (Fsp3) is 0.538. The summed E-state index contributed by atoms with van der Waals surface area (Å²) in [6.45, 7) is 3.62. The van der Waals surface area contributed by atoms with Gasteiger partial charge in [0.05, 0.1) is 19.8 Å². The monoisotopic (exact) mass is 224 g/mol.